The number of rotatable bonds is 2. The lowest BCUT2D eigenvalue weighted by atomic mass is 10.3. The molecule has 0 saturated carbocycles. The molecule has 2 rings (SSSR count). The average Bonchev–Trinajstić information content (AvgIpc) is 2.25. The first-order valence-corrected chi connectivity index (χ1v) is 5.37. The van der Waals surface area contributed by atoms with E-state index in [1.54, 1.807) is 24.3 Å². The van der Waals surface area contributed by atoms with Gasteiger partial charge in [-0.2, -0.15) is 0 Å². The van der Waals surface area contributed by atoms with Crippen LogP contribution in [0.2, 0.25) is 0 Å². The third-order valence-electron chi connectivity index (χ3n) is 1.96. The molecule has 0 atom stereocenters. The Morgan fingerprint density at radius 1 is 1.12 bits per heavy atom. The van der Waals surface area contributed by atoms with Gasteiger partial charge in [0.15, 0.2) is 11.6 Å². The Hall–Kier alpha value is -1.55. The molecule has 4 heteroatoms. The van der Waals surface area contributed by atoms with Crippen LogP contribution in [0.15, 0.2) is 46.9 Å². The van der Waals surface area contributed by atoms with E-state index >= 15 is 0 Å². The summed E-state index contributed by atoms with van der Waals surface area (Å²) in [5.74, 6) is 0.107. The van der Waals surface area contributed by atoms with E-state index in [1.807, 2.05) is 0 Å². The van der Waals surface area contributed by atoms with Crippen molar-refractivity contribution in [3.05, 3.63) is 52.8 Å². The van der Waals surface area contributed by atoms with E-state index < -0.39 is 5.82 Å². The summed E-state index contributed by atoms with van der Waals surface area (Å²) in [5.41, 5.74) is 0. The van der Waals surface area contributed by atoms with Crippen molar-refractivity contribution in [1.82, 2.24) is 0 Å². The maximum absolute atomic E-state index is 13.6. The number of phenols is 1. The average molecular weight is 283 g/mol. The zero-order valence-corrected chi connectivity index (χ0v) is 9.74. The fourth-order valence-electron chi connectivity index (χ4n) is 1.24. The Kier molecular flexibility index (Phi) is 3.10. The largest absolute Gasteiger partial charge is 0.508 e. The van der Waals surface area contributed by atoms with E-state index in [9.17, 15) is 9.50 Å². The summed E-state index contributed by atoms with van der Waals surface area (Å²) >= 11 is 3.07. The molecule has 2 aromatic carbocycles. The highest BCUT2D eigenvalue weighted by atomic mass is 79.9. The number of benzene rings is 2. The van der Waals surface area contributed by atoms with Gasteiger partial charge in [0.05, 0.1) is 4.47 Å². The minimum absolute atomic E-state index is 0.0768. The van der Waals surface area contributed by atoms with E-state index in [1.165, 1.54) is 18.2 Å². The molecule has 0 aliphatic carbocycles. The Balaban J connectivity index is 2.31. The number of aromatic hydroxyl groups is 1. The fourth-order valence-corrected chi connectivity index (χ4v) is 1.58. The molecule has 0 aliphatic heterocycles. The van der Waals surface area contributed by atoms with Gasteiger partial charge in [-0.3, -0.25) is 0 Å². The van der Waals surface area contributed by atoms with E-state index in [0.717, 1.165) is 0 Å². The second kappa shape index (κ2) is 4.53. The minimum atomic E-state index is -0.467. The standard InChI is InChI=1S/C12H8BrFO2/c13-10-5-2-6-11(12(10)14)16-9-4-1-3-8(15)7-9/h1-7,15H. The van der Waals surface area contributed by atoms with Gasteiger partial charge in [0.25, 0.3) is 0 Å². The molecule has 0 amide bonds. The molecule has 0 aromatic heterocycles. The molecule has 0 radical (unpaired) electrons. The first-order valence-electron chi connectivity index (χ1n) is 4.58. The topological polar surface area (TPSA) is 29.5 Å². The van der Waals surface area contributed by atoms with Crippen molar-refractivity contribution in [2.24, 2.45) is 0 Å². The SMILES string of the molecule is Oc1cccc(Oc2cccc(Br)c2F)c1. The monoisotopic (exact) mass is 282 g/mol. The molecule has 1 N–H and O–H groups in total. The third-order valence-corrected chi connectivity index (χ3v) is 2.57. The second-order valence-corrected chi connectivity index (χ2v) is 4.01. The van der Waals surface area contributed by atoms with Gasteiger partial charge in [-0.1, -0.05) is 12.1 Å². The highest BCUT2D eigenvalue weighted by Crippen LogP contribution is 2.30. The molecular weight excluding hydrogens is 275 g/mol. The molecule has 0 bridgehead atoms. The highest BCUT2D eigenvalue weighted by Gasteiger charge is 2.07. The van der Waals surface area contributed by atoms with Crippen molar-refractivity contribution in [2.75, 3.05) is 0 Å². The van der Waals surface area contributed by atoms with E-state index in [2.05, 4.69) is 15.9 Å². The summed E-state index contributed by atoms with van der Waals surface area (Å²) in [6.45, 7) is 0. The Labute approximate surface area is 100 Å². The lowest BCUT2D eigenvalue weighted by molar-refractivity contribution is 0.431. The van der Waals surface area contributed by atoms with Crippen LogP contribution in [0.25, 0.3) is 0 Å². The maximum atomic E-state index is 13.6. The van der Waals surface area contributed by atoms with Crippen LogP contribution in [0.4, 0.5) is 4.39 Å². The summed E-state index contributed by atoms with van der Waals surface area (Å²) in [6, 6.07) is 11.0. The molecular formula is C12H8BrFO2. The van der Waals surface area contributed by atoms with Crippen LogP contribution in [-0.4, -0.2) is 5.11 Å². The fraction of sp³-hybridized carbons (Fsp3) is 0. The highest BCUT2D eigenvalue weighted by molar-refractivity contribution is 9.10. The van der Waals surface area contributed by atoms with Crippen LogP contribution in [0, 0.1) is 5.82 Å². The van der Waals surface area contributed by atoms with Crippen molar-refractivity contribution < 1.29 is 14.2 Å². The lowest BCUT2D eigenvalue weighted by Crippen LogP contribution is -1.88. The van der Waals surface area contributed by atoms with Crippen molar-refractivity contribution in [3.63, 3.8) is 0 Å². The van der Waals surface area contributed by atoms with Crippen LogP contribution in [0.1, 0.15) is 0 Å². The van der Waals surface area contributed by atoms with Gasteiger partial charge in [-0.05, 0) is 40.2 Å². The lowest BCUT2D eigenvalue weighted by Gasteiger charge is -2.07. The first kappa shape index (κ1) is 11.0. The minimum Gasteiger partial charge on any atom is -0.508 e. The number of halogens is 2. The van der Waals surface area contributed by atoms with Crippen molar-refractivity contribution in [2.45, 2.75) is 0 Å². The predicted molar refractivity (Wildman–Crippen MR) is 62.3 cm³/mol. The number of hydrogen-bond acceptors (Lipinski definition) is 2. The normalized spacial score (nSPS) is 10.1. The van der Waals surface area contributed by atoms with Crippen molar-refractivity contribution in [3.8, 4) is 17.2 Å². The first-order chi connectivity index (χ1) is 7.66. The summed E-state index contributed by atoms with van der Waals surface area (Å²) in [7, 11) is 0. The van der Waals surface area contributed by atoms with Crippen molar-refractivity contribution >= 4 is 15.9 Å². The van der Waals surface area contributed by atoms with Gasteiger partial charge < -0.3 is 9.84 Å². The maximum Gasteiger partial charge on any atom is 0.179 e. The quantitative estimate of drug-likeness (QED) is 0.899. The van der Waals surface area contributed by atoms with Crippen molar-refractivity contribution in [1.29, 1.82) is 0 Å². The third kappa shape index (κ3) is 2.33. The van der Waals surface area contributed by atoms with Gasteiger partial charge in [0.2, 0.25) is 0 Å². The summed E-state index contributed by atoms with van der Waals surface area (Å²) in [6.07, 6.45) is 0. The molecule has 16 heavy (non-hydrogen) atoms. The van der Waals surface area contributed by atoms with Gasteiger partial charge in [0.1, 0.15) is 11.5 Å². The Morgan fingerprint density at radius 3 is 2.62 bits per heavy atom. The summed E-state index contributed by atoms with van der Waals surface area (Å²) < 4.78 is 19.2. The van der Waals surface area contributed by atoms with Crippen LogP contribution < -0.4 is 4.74 Å². The molecule has 0 saturated heterocycles. The summed E-state index contributed by atoms with van der Waals surface area (Å²) in [4.78, 5) is 0. The van der Waals surface area contributed by atoms with Crippen LogP contribution in [0.3, 0.4) is 0 Å². The molecule has 0 fully saturated rings. The van der Waals surface area contributed by atoms with Crippen LogP contribution >= 0.6 is 15.9 Å². The smallest absolute Gasteiger partial charge is 0.179 e. The van der Waals surface area contributed by atoms with E-state index in [0.29, 0.717) is 10.2 Å². The van der Waals surface area contributed by atoms with Crippen LogP contribution in [0.5, 0.6) is 17.2 Å². The number of phenolic OH excluding ortho intramolecular Hbond substituents is 1. The zero-order chi connectivity index (χ0) is 11.5. The molecule has 2 aromatic rings. The van der Waals surface area contributed by atoms with E-state index in [-0.39, 0.29) is 11.5 Å². The van der Waals surface area contributed by atoms with E-state index in [4.69, 9.17) is 4.74 Å². The second-order valence-electron chi connectivity index (χ2n) is 3.15. The zero-order valence-electron chi connectivity index (χ0n) is 8.15. The summed E-state index contributed by atoms with van der Waals surface area (Å²) in [5, 5.41) is 9.23. The van der Waals surface area contributed by atoms with Gasteiger partial charge in [0, 0.05) is 6.07 Å². The molecule has 2 nitrogen and oxygen atoms in total. The molecule has 0 unspecified atom stereocenters. The number of hydrogen-bond donors (Lipinski definition) is 1. The molecule has 82 valence electrons. The Bertz CT molecular complexity index is 514. The van der Waals surface area contributed by atoms with Crippen LogP contribution in [-0.2, 0) is 0 Å². The van der Waals surface area contributed by atoms with Gasteiger partial charge >= 0.3 is 0 Å². The van der Waals surface area contributed by atoms with Gasteiger partial charge in [-0.25, -0.2) is 4.39 Å². The molecule has 0 spiro atoms. The van der Waals surface area contributed by atoms with Gasteiger partial charge in [-0.15, -0.1) is 0 Å². The predicted octanol–water partition coefficient (Wildman–Crippen LogP) is 4.09. The number of ether oxygens (including phenoxy) is 1. The Morgan fingerprint density at radius 2 is 1.88 bits per heavy atom. The molecule has 0 heterocycles. The molecule has 0 aliphatic rings.